The van der Waals surface area contributed by atoms with Crippen LogP contribution in [0.1, 0.15) is 16.6 Å². The van der Waals surface area contributed by atoms with Gasteiger partial charge in [-0.2, -0.15) is 0 Å². The van der Waals surface area contributed by atoms with Crippen LogP contribution >= 0.6 is 27.3 Å². The van der Waals surface area contributed by atoms with Gasteiger partial charge >= 0.3 is 0 Å². The zero-order valence-electron chi connectivity index (χ0n) is 10.3. The van der Waals surface area contributed by atoms with E-state index in [1.54, 1.807) is 0 Å². The molecule has 0 N–H and O–H groups in total. The van der Waals surface area contributed by atoms with Gasteiger partial charge in [0.15, 0.2) is 0 Å². The second-order valence-electron chi connectivity index (χ2n) is 4.82. The Morgan fingerprint density at radius 1 is 1.47 bits per heavy atom. The van der Waals surface area contributed by atoms with E-state index < -0.39 is 0 Å². The number of nitrogens with zero attached hydrogens (tertiary/aromatic N) is 2. The minimum Gasteiger partial charge on any atom is -0.336 e. The molecular formula is C12H17BrN2OS. The van der Waals surface area contributed by atoms with Crippen molar-refractivity contribution in [3.63, 3.8) is 0 Å². The number of likely N-dealkylation sites (tertiary alicyclic amines) is 1. The number of amides is 1. The lowest BCUT2D eigenvalue weighted by Gasteiger charge is -2.22. The van der Waals surface area contributed by atoms with E-state index in [4.69, 9.17) is 0 Å². The van der Waals surface area contributed by atoms with Crippen LogP contribution in [-0.4, -0.2) is 48.9 Å². The Morgan fingerprint density at radius 2 is 2.18 bits per heavy atom. The number of carbonyl (C=O) groups is 1. The number of hydrogen-bond donors (Lipinski definition) is 0. The second-order valence-corrected chi connectivity index (χ2v) is 7.29. The monoisotopic (exact) mass is 316 g/mol. The standard InChI is InChI=1S/C12H17BrN2OS/c1-8-6-15(7-9(8)14(2)3)12(16)10-4-5-11(13)17-10/h4-5,8-9H,6-7H2,1-3H3. The van der Waals surface area contributed by atoms with Gasteiger partial charge in [0.2, 0.25) is 0 Å². The quantitative estimate of drug-likeness (QED) is 0.837. The van der Waals surface area contributed by atoms with Gasteiger partial charge in [-0.25, -0.2) is 0 Å². The van der Waals surface area contributed by atoms with Crippen molar-refractivity contribution in [3.05, 3.63) is 20.8 Å². The summed E-state index contributed by atoms with van der Waals surface area (Å²) in [7, 11) is 4.16. The highest BCUT2D eigenvalue weighted by atomic mass is 79.9. The summed E-state index contributed by atoms with van der Waals surface area (Å²) in [6.45, 7) is 3.90. The molecule has 1 saturated heterocycles. The van der Waals surface area contributed by atoms with E-state index >= 15 is 0 Å². The summed E-state index contributed by atoms with van der Waals surface area (Å²) in [5, 5.41) is 0. The highest BCUT2D eigenvalue weighted by Crippen LogP contribution is 2.26. The first-order valence-electron chi connectivity index (χ1n) is 5.70. The minimum absolute atomic E-state index is 0.164. The van der Waals surface area contributed by atoms with E-state index in [2.05, 4.69) is 41.8 Å². The molecule has 3 nitrogen and oxygen atoms in total. The molecule has 2 unspecified atom stereocenters. The van der Waals surface area contributed by atoms with Gasteiger partial charge in [-0.1, -0.05) is 6.92 Å². The molecule has 1 aromatic rings. The molecule has 5 heteroatoms. The van der Waals surface area contributed by atoms with Crippen LogP contribution in [0, 0.1) is 5.92 Å². The summed E-state index contributed by atoms with van der Waals surface area (Å²) in [4.78, 5) is 17.3. The van der Waals surface area contributed by atoms with Crippen LogP contribution < -0.4 is 0 Å². The third kappa shape index (κ3) is 2.72. The molecule has 2 heterocycles. The Kier molecular flexibility index (Phi) is 3.90. The molecular weight excluding hydrogens is 300 g/mol. The maximum atomic E-state index is 12.3. The third-order valence-electron chi connectivity index (χ3n) is 3.31. The lowest BCUT2D eigenvalue weighted by molar-refractivity contribution is 0.0786. The van der Waals surface area contributed by atoms with Crippen molar-refractivity contribution < 1.29 is 4.79 Å². The molecule has 0 aliphatic carbocycles. The molecule has 17 heavy (non-hydrogen) atoms. The Hall–Kier alpha value is -0.390. The number of hydrogen-bond acceptors (Lipinski definition) is 3. The smallest absolute Gasteiger partial charge is 0.264 e. The first kappa shape index (κ1) is 13.1. The number of rotatable bonds is 2. The van der Waals surface area contributed by atoms with E-state index in [9.17, 15) is 4.79 Å². The van der Waals surface area contributed by atoms with Crippen molar-refractivity contribution in [2.75, 3.05) is 27.2 Å². The van der Waals surface area contributed by atoms with E-state index in [0.29, 0.717) is 12.0 Å². The van der Waals surface area contributed by atoms with Gasteiger partial charge in [-0.05, 0) is 48.1 Å². The highest BCUT2D eigenvalue weighted by Gasteiger charge is 2.34. The Balaban J connectivity index is 2.08. The van der Waals surface area contributed by atoms with Crippen LogP contribution in [-0.2, 0) is 0 Å². The van der Waals surface area contributed by atoms with Gasteiger partial charge in [-0.15, -0.1) is 11.3 Å². The molecule has 0 spiro atoms. The van der Waals surface area contributed by atoms with Crippen LogP contribution in [0.15, 0.2) is 15.9 Å². The summed E-state index contributed by atoms with van der Waals surface area (Å²) in [5.74, 6) is 0.703. The predicted octanol–water partition coefficient (Wildman–Crippen LogP) is 2.53. The molecule has 2 atom stereocenters. The SMILES string of the molecule is CC1CN(C(=O)c2ccc(Br)s2)CC1N(C)C. The largest absolute Gasteiger partial charge is 0.336 e. The zero-order valence-corrected chi connectivity index (χ0v) is 12.7. The maximum absolute atomic E-state index is 12.3. The van der Waals surface area contributed by atoms with Gasteiger partial charge in [0.05, 0.1) is 8.66 Å². The van der Waals surface area contributed by atoms with Crippen LogP contribution in [0.4, 0.5) is 0 Å². The van der Waals surface area contributed by atoms with Gasteiger partial charge in [0, 0.05) is 19.1 Å². The van der Waals surface area contributed by atoms with Gasteiger partial charge < -0.3 is 9.80 Å². The van der Waals surface area contributed by atoms with E-state index in [-0.39, 0.29) is 5.91 Å². The fraction of sp³-hybridized carbons (Fsp3) is 0.583. The molecule has 0 radical (unpaired) electrons. The van der Waals surface area contributed by atoms with Crippen LogP contribution in [0.5, 0.6) is 0 Å². The van der Waals surface area contributed by atoms with Crippen molar-refractivity contribution in [2.45, 2.75) is 13.0 Å². The average Bonchev–Trinajstić information content (AvgIpc) is 2.83. The molecule has 1 aliphatic heterocycles. The summed E-state index contributed by atoms with van der Waals surface area (Å²) >= 11 is 4.90. The fourth-order valence-corrected chi connectivity index (χ4v) is 3.73. The normalized spacial score (nSPS) is 24.6. The van der Waals surface area contributed by atoms with Crippen molar-refractivity contribution in [2.24, 2.45) is 5.92 Å². The highest BCUT2D eigenvalue weighted by molar-refractivity contribution is 9.11. The summed E-state index contributed by atoms with van der Waals surface area (Å²) in [6, 6.07) is 4.30. The van der Waals surface area contributed by atoms with Crippen molar-refractivity contribution >= 4 is 33.2 Å². The Labute approximate surface area is 115 Å². The van der Waals surface area contributed by atoms with Crippen molar-refractivity contribution in [3.8, 4) is 0 Å². The molecule has 94 valence electrons. The van der Waals surface area contributed by atoms with Crippen LogP contribution in [0.25, 0.3) is 0 Å². The van der Waals surface area contributed by atoms with E-state index in [1.165, 1.54) is 11.3 Å². The van der Waals surface area contributed by atoms with Gasteiger partial charge in [0.1, 0.15) is 0 Å². The van der Waals surface area contributed by atoms with Crippen LogP contribution in [0.3, 0.4) is 0 Å². The number of thiophene rings is 1. The lowest BCUT2D eigenvalue weighted by atomic mass is 10.1. The molecule has 0 bridgehead atoms. The van der Waals surface area contributed by atoms with E-state index in [0.717, 1.165) is 21.8 Å². The summed E-state index contributed by atoms with van der Waals surface area (Å²) in [5.41, 5.74) is 0. The Bertz CT molecular complexity index is 418. The average molecular weight is 317 g/mol. The Morgan fingerprint density at radius 3 is 2.65 bits per heavy atom. The molecule has 2 rings (SSSR count). The second kappa shape index (κ2) is 5.08. The topological polar surface area (TPSA) is 23.6 Å². The van der Waals surface area contributed by atoms with Crippen LogP contribution in [0.2, 0.25) is 0 Å². The van der Waals surface area contributed by atoms with Crippen molar-refractivity contribution in [1.29, 1.82) is 0 Å². The molecule has 1 aliphatic rings. The number of carbonyl (C=O) groups excluding carboxylic acids is 1. The molecule has 1 fully saturated rings. The molecule has 0 aromatic carbocycles. The molecule has 1 amide bonds. The maximum Gasteiger partial charge on any atom is 0.264 e. The third-order valence-corrected chi connectivity index (χ3v) is 4.92. The molecule has 0 saturated carbocycles. The molecule has 1 aromatic heterocycles. The summed E-state index contributed by atoms with van der Waals surface area (Å²) in [6.07, 6.45) is 0. The first-order valence-corrected chi connectivity index (χ1v) is 7.31. The minimum atomic E-state index is 0.164. The summed E-state index contributed by atoms with van der Waals surface area (Å²) < 4.78 is 1.01. The lowest BCUT2D eigenvalue weighted by Crippen LogP contribution is -2.35. The fourth-order valence-electron chi connectivity index (χ4n) is 2.37. The van der Waals surface area contributed by atoms with Gasteiger partial charge in [-0.3, -0.25) is 4.79 Å². The number of likely N-dealkylation sites (N-methyl/N-ethyl adjacent to an activating group) is 1. The predicted molar refractivity (Wildman–Crippen MR) is 74.6 cm³/mol. The van der Waals surface area contributed by atoms with Gasteiger partial charge in [0.25, 0.3) is 5.91 Å². The first-order chi connectivity index (χ1) is 7.99. The van der Waals surface area contributed by atoms with Crippen molar-refractivity contribution in [1.82, 2.24) is 9.80 Å². The number of halogens is 1. The zero-order chi connectivity index (χ0) is 12.6. The van der Waals surface area contributed by atoms with E-state index in [1.807, 2.05) is 17.0 Å².